The molecule has 2 atom stereocenters. The molecular formula is C12H18NO3P. The van der Waals surface area contributed by atoms with E-state index >= 15 is 0 Å². The van der Waals surface area contributed by atoms with Crippen molar-refractivity contribution in [1.82, 2.24) is 0 Å². The highest BCUT2D eigenvalue weighted by atomic mass is 31.2. The van der Waals surface area contributed by atoms with Gasteiger partial charge in [0, 0.05) is 12.6 Å². The number of hydrogen-bond donors (Lipinski definition) is 2. The molecule has 2 N–H and O–H groups in total. The summed E-state index contributed by atoms with van der Waals surface area (Å²) < 4.78 is 12.2. The van der Waals surface area contributed by atoms with Crippen molar-refractivity contribution < 1.29 is 14.7 Å². The van der Waals surface area contributed by atoms with Crippen LogP contribution in [0.3, 0.4) is 0 Å². The van der Waals surface area contributed by atoms with Gasteiger partial charge >= 0.3 is 0 Å². The Morgan fingerprint density at radius 2 is 2.00 bits per heavy atom. The molecule has 1 aromatic carbocycles. The van der Waals surface area contributed by atoms with Crippen LogP contribution >= 0.6 is 7.37 Å². The van der Waals surface area contributed by atoms with E-state index in [1.54, 1.807) is 13.8 Å². The molecule has 0 aliphatic rings. The summed E-state index contributed by atoms with van der Waals surface area (Å²) in [6.07, 6.45) is 0.507. The Kier molecular flexibility index (Phi) is 4.91. The molecule has 0 amide bonds. The Balaban J connectivity index is 3.08. The van der Waals surface area contributed by atoms with Crippen molar-refractivity contribution in [3.63, 3.8) is 0 Å². The Morgan fingerprint density at radius 1 is 1.41 bits per heavy atom. The van der Waals surface area contributed by atoms with Gasteiger partial charge in [-0.2, -0.15) is 0 Å². The van der Waals surface area contributed by atoms with Crippen LogP contribution in [0.2, 0.25) is 0 Å². The van der Waals surface area contributed by atoms with E-state index in [4.69, 9.17) is 5.21 Å². The number of rotatable bonds is 5. The summed E-state index contributed by atoms with van der Waals surface area (Å²) in [5, 5.41) is 11.8. The standard InChI is InChI=1S/C12H18NO3P/c1-3-17(15,16)12(9-10(2)13-14)11-7-5-4-6-8-11/h4-8,12,14H,3,9H2,1-2H3,(H,15,16). The average Bonchev–Trinajstić information content (AvgIpc) is 2.36. The molecule has 0 heterocycles. The van der Waals surface area contributed by atoms with Gasteiger partial charge < -0.3 is 10.1 Å². The van der Waals surface area contributed by atoms with E-state index < -0.39 is 13.0 Å². The number of nitrogens with zero attached hydrogens (tertiary/aromatic N) is 1. The van der Waals surface area contributed by atoms with Gasteiger partial charge in [0.1, 0.15) is 0 Å². The second-order valence-electron chi connectivity index (χ2n) is 4.04. The zero-order chi connectivity index (χ0) is 12.9. The fraction of sp³-hybridized carbons (Fsp3) is 0.417. The molecule has 0 fully saturated rings. The van der Waals surface area contributed by atoms with E-state index in [0.717, 1.165) is 5.56 Å². The quantitative estimate of drug-likeness (QED) is 0.367. The summed E-state index contributed by atoms with van der Waals surface area (Å²) in [4.78, 5) is 10.00. The summed E-state index contributed by atoms with van der Waals surface area (Å²) in [5.74, 6) is 0. The first-order chi connectivity index (χ1) is 8.01. The van der Waals surface area contributed by atoms with Crippen LogP contribution in [0.15, 0.2) is 35.5 Å². The number of benzene rings is 1. The Hall–Kier alpha value is -1.12. The molecule has 0 saturated carbocycles. The predicted octanol–water partition coefficient (Wildman–Crippen LogP) is 3.26. The van der Waals surface area contributed by atoms with E-state index in [9.17, 15) is 9.46 Å². The predicted molar refractivity (Wildman–Crippen MR) is 69.1 cm³/mol. The van der Waals surface area contributed by atoms with Crippen LogP contribution in [-0.4, -0.2) is 22.0 Å². The molecule has 4 nitrogen and oxygen atoms in total. The van der Waals surface area contributed by atoms with Crippen molar-refractivity contribution in [1.29, 1.82) is 0 Å². The zero-order valence-electron chi connectivity index (χ0n) is 10.1. The Morgan fingerprint density at radius 3 is 2.47 bits per heavy atom. The number of hydrogen-bond acceptors (Lipinski definition) is 3. The summed E-state index contributed by atoms with van der Waals surface area (Å²) in [5.41, 5.74) is 0.773. The van der Waals surface area contributed by atoms with Crippen LogP contribution in [-0.2, 0) is 4.57 Å². The van der Waals surface area contributed by atoms with Gasteiger partial charge in [-0.05, 0) is 12.5 Å². The van der Waals surface area contributed by atoms with Crippen molar-refractivity contribution >= 4 is 13.1 Å². The van der Waals surface area contributed by atoms with Gasteiger partial charge in [-0.15, -0.1) is 0 Å². The summed E-state index contributed by atoms with van der Waals surface area (Å²) in [6.45, 7) is 3.34. The van der Waals surface area contributed by atoms with Crippen molar-refractivity contribution in [2.45, 2.75) is 25.9 Å². The molecule has 0 aliphatic carbocycles. The van der Waals surface area contributed by atoms with E-state index in [1.807, 2.05) is 30.3 Å². The number of oxime groups is 1. The van der Waals surface area contributed by atoms with Gasteiger partial charge in [0.05, 0.1) is 11.4 Å². The summed E-state index contributed by atoms with van der Waals surface area (Å²) >= 11 is 0. The molecule has 0 aliphatic heterocycles. The average molecular weight is 255 g/mol. The van der Waals surface area contributed by atoms with Gasteiger partial charge in [0.2, 0.25) is 7.37 Å². The molecule has 0 spiro atoms. The van der Waals surface area contributed by atoms with Crippen molar-refractivity contribution in [2.24, 2.45) is 5.16 Å². The monoisotopic (exact) mass is 255 g/mol. The molecule has 17 heavy (non-hydrogen) atoms. The lowest BCUT2D eigenvalue weighted by Crippen LogP contribution is -2.07. The highest BCUT2D eigenvalue weighted by Gasteiger charge is 2.30. The van der Waals surface area contributed by atoms with Gasteiger partial charge in [-0.1, -0.05) is 42.4 Å². The Bertz CT molecular complexity index is 431. The Labute approximate surface area is 101 Å². The molecule has 1 rings (SSSR count). The largest absolute Gasteiger partial charge is 0.411 e. The minimum Gasteiger partial charge on any atom is -0.411 e. The smallest absolute Gasteiger partial charge is 0.207 e. The molecule has 0 radical (unpaired) electrons. The van der Waals surface area contributed by atoms with Crippen molar-refractivity contribution in [3.8, 4) is 0 Å². The van der Waals surface area contributed by atoms with Crippen LogP contribution in [0.5, 0.6) is 0 Å². The molecular weight excluding hydrogens is 237 g/mol. The van der Waals surface area contributed by atoms with Crippen LogP contribution in [0.1, 0.15) is 31.5 Å². The van der Waals surface area contributed by atoms with E-state index in [-0.39, 0.29) is 6.16 Å². The fourth-order valence-corrected chi connectivity index (χ4v) is 3.34. The van der Waals surface area contributed by atoms with E-state index in [2.05, 4.69) is 5.16 Å². The van der Waals surface area contributed by atoms with Crippen LogP contribution < -0.4 is 0 Å². The fourth-order valence-electron chi connectivity index (χ4n) is 1.71. The summed E-state index contributed by atoms with van der Waals surface area (Å²) in [7, 11) is -3.26. The first-order valence-electron chi connectivity index (χ1n) is 5.55. The molecule has 0 saturated heterocycles. The molecule has 5 heteroatoms. The maximum atomic E-state index is 12.2. The lowest BCUT2D eigenvalue weighted by Gasteiger charge is -2.22. The van der Waals surface area contributed by atoms with Crippen LogP contribution in [0, 0.1) is 0 Å². The second kappa shape index (κ2) is 5.99. The van der Waals surface area contributed by atoms with Gasteiger partial charge in [0.25, 0.3) is 0 Å². The van der Waals surface area contributed by atoms with E-state index in [1.165, 1.54) is 0 Å². The van der Waals surface area contributed by atoms with E-state index in [0.29, 0.717) is 12.1 Å². The SMILES string of the molecule is CCP(=O)(O)C(CC(C)=NO)c1ccccc1. The van der Waals surface area contributed by atoms with Crippen LogP contribution in [0.4, 0.5) is 0 Å². The zero-order valence-corrected chi connectivity index (χ0v) is 11.0. The molecule has 0 bridgehead atoms. The maximum Gasteiger partial charge on any atom is 0.207 e. The lowest BCUT2D eigenvalue weighted by atomic mass is 10.1. The highest BCUT2D eigenvalue weighted by Crippen LogP contribution is 2.56. The normalized spacial score (nSPS) is 17.5. The maximum absolute atomic E-state index is 12.2. The van der Waals surface area contributed by atoms with Gasteiger partial charge in [-0.25, -0.2) is 0 Å². The third-order valence-electron chi connectivity index (χ3n) is 2.78. The second-order valence-corrected chi connectivity index (χ2v) is 6.80. The topological polar surface area (TPSA) is 69.9 Å². The third kappa shape index (κ3) is 3.69. The van der Waals surface area contributed by atoms with Crippen molar-refractivity contribution in [2.75, 3.05) is 6.16 Å². The third-order valence-corrected chi connectivity index (χ3v) is 5.14. The summed E-state index contributed by atoms with van der Waals surface area (Å²) in [6, 6.07) is 9.19. The first kappa shape index (κ1) is 13.9. The van der Waals surface area contributed by atoms with Crippen LogP contribution in [0.25, 0.3) is 0 Å². The van der Waals surface area contributed by atoms with Crippen molar-refractivity contribution in [3.05, 3.63) is 35.9 Å². The van der Waals surface area contributed by atoms with Gasteiger partial charge in [-0.3, -0.25) is 4.57 Å². The highest BCUT2D eigenvalue weighted by molar-refractivity contribution is 7.58. The molecule has 94 valence electrons. The minimum atomic E-state index is -3.26. The molecule has 2 unspecified atom stereocenters. The van der Waals surface area contributed by atoms with Gasteiger partial charge in [0.15, 0.2) is 0 Å². The first-order valence-corrected chi connectivity index (χ1v) is 7.46. The molecule has 0 aromatic heterocycles. The molecule has 1 aromatic rings. The lowest BCUT2D eigenvalue weighted by molar-refractivity contribution is 0.317. The minimum absolute atomic E-state index is 0.214.